The van der Waals surface area contributed by atoms with Crippen LogP contribution in [-0.2, 0) is 4.79 Å². The number of nitriles is 1. The number of carboxylic acid groups (broad SMARTS) is 1. The zero-order chi connectivity index (χ0) is 13.7. The van der Waals surface area contributed by atoms with Crippen molar-refractivity contribution in [2.45, 2.75) is 12.5 Å². The van der Waals surface area contributed by atoms with Crippen LogP contribution in [0, 0.1) is 11.3 Å². The van der Waals surface area contributed by atoms with Crippen molar-refractivity contribution in [3.63, 3.8) is 0 Å². The van der Waals surface area contributed by atoms with Crippen LogP contribution in [0.2, 0.25) is 0 Å². The predicted molar refractivity (Wildman–Crippen MR) is 66.5 cm³/mol. The summed E-state index contributed by atoms with van der Waals surface area (Å²) >= 11 is 3.13. The van der Waals surface area contributed by atoms with Gasteiger partial charge in [-0.2, -0.15) is 5.26 Å². The Morgan fingerprint density at radius 3 is 2.61 bits per heavy atom. The van der Waals surface area contributed by atoms with Crippen LogP contribution in [0.1, 0.15) is 34.0 Å². The Morgan fingerprint density at radius 2 is 2.11 bits per heavy atom. The zero-order valence-corrected chi connectivity index (χ0v) is 10.8. The van der Waals surface area contributed by atoms with Crippen molar-refractivity contribution < 1.29 is 19.8 Å². The van der Waals surface area contributed by atoms with E-state index in [4.69, 9.17) is 10.4 Å². The van der Waals surface area contributed by atoms with Crippen molar-refractivity contribution >= 4 is 27.7 Å². The predicted octanol–water partition coefficient (Wildman–Crippen LogP) is 1.64. The Kier molecular flexibility index (Phi) is 5.01. The van der Waals surface area contributed by atoms with Crippen LogP contribution in [0.25, 0.3) is 0 Å². The standard InChI is InChI=1S/C12H10BrNO4/c13-4-3-10(15)9-2-1-7(5-8(9)6-14)11(16)12(17)18/h1-2,5,11,16H,3-4H2,(H,17,18). The smallest absolute Gasteiger partial charge is 0.337 e. The summed E-state index contributed by atoms with van der Waals surface area (Å²) in [7, 11) is 0. The van der Waals surface area contributed by atoms with E-state index in [1.807, 2.05) is 6.07 Å². The van der Waals surface area contributed by atoms with Crippen molar-refractivity contribution in [2.24, 2.45) is 0 Å². The quantitative estimate of drug-likeness (QED) is 0.636. The van der Waals surface area contributed by atoms with Gasteiger partial charge in [0.15, 0.2) is 11.9 Å². The molecule has 0 bridgehead atoms. The maximum atomic E-state index is 11.7. The summed E-state index contributed by atoms with van der Waals surface area (Å²) in [4.78, 5) is 22.3. The van der Waals surface area contributed by atoms with E-state index in [0.29, 0.717) is 5.33 Å². The molecule has 0 fully saturated rings. The van der Waals surface area contributed by atoms with Crippen LogP contribution in [0.15, 0.2) is 18.2 Å². The number of Topliss-reactive ketones (excluding diaryl/α,β-unsaturated/α-hetero) is 1. The van der Waals surface area contributed by atoms with Gasteiger partial charge >= 0.3 is 5.97 Å². The SMILES string of the molecule is N#Cc1cc(C(O)C(=O)O)ccc1C(=O)CCBr. The number of nitrogens with zero attached hydrogens (tertiary/aromatic N) is 1. The van der Waals surface area contributed by atoms with Gasteiger partial charge in [-0.25, -0.2) is 4.79 Å². The lowest BCUT2D eigenvalue weighted by atomic mass is 9.98. The van der Waals surface area contributed by atoms with Gasteiger partial charge in [-0.15, -0.1) is 0 Å². The lowest BCUT2D eigenvalue weighted by Crippen LogP contribution is -2.12. The molecule has 0 aliphatic rings. The summed E-state index contributed by atoms with van der Waals surface area (Å²) < 4.78 is 0. The Bertz CT molecular complexity index is 521. The molecule has 0 saturated heterocycles. The molecule has 0 aromatic heterocycles. The van der Waals surface area contributed by atoms with E-state index in [1.54, 1.807) is 0 Å². The van der Waals surface area contributed by atoms with E-state index < -0.39 is 12.1 Å². The molecule has 2 N–H and O–H groups in total. The van der Waals surface area contributed by atoms with Crippen LogP contribution in [-0.4, -0.2) is 27.3 Å². The molecule has 1 aromatic rings. The first-order valence-electron chi connectivity index (χ1n) is 5.05. The average molecular weight is 312 g/mol. The molecule has 1 unspecified atom stereocenters. The van der Waals surface area contributed by atoms with E-state index in [0.717, 1.165) is 0 Å². The van der Waals surface area contributed by atoms with Crippen LogP contribution in [0.5, 0.6) is 0 Å². The third-order valence-electron chi connectivity index (χ3n) is 2.34. The first-order valence-corrected chi connectivity index (χ1v) is 6.17. The molecular weight excluding hydrogens is 302 g/mol. The number of hydrogen-bond donors (Lipinski definition) is 2. The fourth-order valence-corrected chi connectivity index (χ4v) is 1.79. The Morgan fingerprint density at radius 1 is 1.44 bits per heavy atom. The second kappa shape index (κ2) is 6.28. The molecule has 0 aliphatic carbocycles. The Labute approximate surface area is 112 Å². The second-order valence-electron chi connectivity index (χ2n) is 3.52. The summed E-state index contributed by atoms with van der Waals surface area (Å²) in [6.45, 7) is 0. The number of rotatable bonds is 5. The normalized spacial score (nSPS) is 11.6. The van der Waals surface area contributed by atoms with Gasteiger partial charge in [0, 0.05) is 17.3 Å². The summed E-state index contributed by atoms with van der Waals surface area (Å²) in [6, 6.07) is 5.75. The minimum absolute atomic E-state index is 0.0683. The number of halogens is 1. The molecule has 0 heterocycles. The van der Waals surface area contributed by atoms with Gasteiger partial charge in [0.25, 0.3) is 0 Å². The average Bonchev–Trinajstić information content (AvgIpc) is 2.37. The van der Waals surface area contributed by atoms with E-state index in [1.165, 1.54) is 18.2 Å². The minimum Gasteiger partial charge on any atom is -0.479 e. The van der Waals surface area contributed by atoms with E-state index in [2.05, 4.69) is 15.9 Å². The molecule has 6 heteroatoms. The largest absolute Gasteiger partial charge is 0.479 e. The number of hydrogen-bond acceptors (Lipinski definition) is 4. The van der Waals surface area contributed by atoms with Crippen LogP contribution in [0.4, 0.5) is 0 Å². The van der Waals surface area contributed by atoms with Crippen molar-refractivity contribution in [1.29, 1.82) is 5.26 Å². The Hall–Kier alpha value is -1.71. The van der Waals surface area contributed by atoms with Crippen molar-refractivity contribution in [1.82, 2.24) is 0 Å². The first-order chi connectivity index (χ1) is 8.51. The highest BCUT2D eigenvalue weighted by molar-refractivity contribution is 9.09. The van der Waals surface area contributed by atoms with E-state index >= 15 is 0 Å². The maximum Gasteiger partial charge on any atom is 0.337 e. The van der Waals surface area contributed by atoms with Gasteiger partial charge < -0.3 is 10.2 Å². The second-order valence-corrected chi connectivity index (χ2v) is 4.31. The van der Waals surface area contributed by atoms with Crippen LogP contribution >= 0.6 is 15.9 Å². The molecule has 1 atom stereocenters. The number of ketones is 1. The number of carbonyl (C=O) groups is 2. The monoisotopic (exact) mass is 311 g/mol. The fourth-order valence-electron chi connectivity index (χ4n) is 1.43. The molecule has 1 aromatic carbocycles. The number of alkyl halides is 1. The van der Waals surface area contributed by atoms with E-state index in [9.17, 15) is 14.7 Å². The van der Waals surface area contributed by atoms with Gasteiger partial charge in [-0.1, -0.05) is 22.0 Å². The van der Waals surface area contributed by atoms with Gasteiger partial charge in [0.2, 0.25) is 0 Å². The van der Waals surface area contributed by atoms with Gasteiger partial charge in [0.05, 0.1) is 11.6 Å². The molecule has 0 amide bonds. The minimum atomic E-state index is -1.70. The zero-order valence-electron chi connectivity index (χ0n) is 9.26. The van der Waals surface area contributed by atoms with Crippen molar-refractivity contribution in [2.75, 3.05) is 5.33 Å². The number of carboxylic acids is 1. The lowest BCUT2D eigenvalue weighted by Gasteiger charge is -2.08. The maximum absolute atomic E-state index is 11.7. The Balaban J connectivity index is 3.16. The fraction of sp³-hybridized carbons (Fsp3) is 0.250. The van der Waals surface area contributed by atoms with E-state index in [-0.39, 0.29) is 28.9 Å². The molecule has 0 saturated carbocycles. The highest BCUT2D eigenvalue weighted by atomic mass is 79.9. The lowest BCUT2D eigenvalue weighted by molar-refractivity contribution is -0.146. The number of benzene rings is 1. The topological polar surface area (TPSA) is 98.4 Å². The molecule has 18 heavy (non-hydrogen) atoms. The molecule has 5 nitrogen and oxygen atoms in total. The van der Waals surface area contributed by atoms with Crippen molar-refractivity contribution in [3.05, 3.63) is 34.9 Å². The highest BCUT2D eigenvalue weighted by Crippen LogP contribution is 2.19. The number of aliphatic hydroxyl groups excluding tert-OH is 1. The molecular formula is C12H10BrNO4. The number of aliphatic carboxylic acids is 1. The van der Waals surface area contributed by atoms with Gasteiger partial charge in [-0.3, -0.25) is 4.79 Å². The third-order valence-corrected chi connectivity index (χ3v) is 2.73. The van der Waals surface area contributed by atoms with Crippen molar-refractivity contribution in [3.8, 4) is 6.07 Å². The summed E-state index contributed by atoms with van der Waals surface area (Å²) in [6.07, 6.45) is -1.45. The molecule has 0 spiro atoms. The summed E-state index contributed by atoms with van der Waals surface area (Å²) in [5.74, 6) is -1.61. The first kappa shape index (κ1) is 14.4. The highest BCUT2D eigenvalue weighted by Gasteiger charge is 2.19. The van der Waals surface area contributed by atoms with Crippen LogP contribution in [0.3, 0.4) is 0 Å². The number of aliphatic hydroxyl groups is 1. The molecule has 0 radical (unpaired) electrons. The summed E-state index contributed by atoms with van der Waals surface area (Å²) in [5, 5.41) is 27.4. The van der Waals surface area contributed by atoms with Crippen LogP contribution < -0.4 is 0 Å². The molecule has 1 rings (SSSR count). The van der Waals surface area contributed by atoms with Gasteiger partial charge in [0.1, 0.15) is 0 Å². The molecule has 0 aliphatic heterocycles. The summed E-state index contributed by atoms with van der Waals surface area (Å²) in [5.41, 5.74) is 0.381. The van der Waals surface area contributed by atoms with Gasteiger partial charge in [-0.05, 0) is 17.7 Å². The number of carbonyl (C=O) groups excluding carboxylic acids is 1. The third kappa shape index (κ3) is 3.15. The molecule has 94 valence electrons.